The minimum Gasteiger partial charge on any atom is -0.367 e. The number of hydrogen-bond acceptors (Lipinski definition) is 2. The number of fused-ring (bicyclic) bond motifs is 1. The Hall–Kier alpha value is -3.07. The molecule has 1 aliphatic heterocycles. The minimum absolute atomic E-state index is 0.0102. The summed E-state index contributed by atoms with van der Waals surface area (Å²) in [6.45, 7) is 2.59. The number of amides is 1. The maximum Gasteiger partial charge on any atom is 0.251 e. The summed E-state index contributed by atoms with van der Waals surface area (Å²) in [6, 6.07) is 26.8. The fourth-order valence-corrected chi connectivity index (χ4v) is 3.62. The highest BCUT2D eigenvalue weighted by Crippen LogP contribution is 2.28. The van der Waals surface area contributed by atoms with Gasteiger partial charge in [-0.2, -0.15) is 0 Å². The smallest absolute Gasteiger partial charge is 0.251 e. The molecule has 0 unspecified atom stereocenters. The molecular formula is C24H24N2O. The van der Waals surface area contributed by atoms with Gasteiger partial charge in [-0.15, -0.1) is 0 Å². The van der Waals surface area contributed by atoms with Gasteiger partial charge in [0.2, 0.25) is 0 Å². The zero-order valence-electron chi connectivity index (χ0n) is 15.4. The Labute approximate surface area is 160 Å². The van der Waals surface area contributed by atoms with Crippen LogP contribution < -0.4 is 10.2 Å². The Bertz CT molecular complexity index is 903. The van der Waals surface area contributed by atoms with Crippen LogP contribution in [0.15, 0.2) is 78.9 Å². The largest absolute Gasteiger partial charge is 0.367 e. The van der Waals surface area contributed by atoms with Crippen LogP contribution in [0.4, 0.5) is 5.69 Å². The molecular weight excluding hydrogens is 332 g/mol. The molecule has 0 aliphatic carbocycles. The molecule has 0 saturated heterocycles. The molecule has 1 amide bonds. The first kappa shape index (κ1) is 17.3. The van der Waals surface area contributed by atoms with Crippen LogP contribution in [-0.2, 0) is 19.4 Å². The molecule has 3 heteroatoms. The van der Waals surface area contributed by atoms with Crippen molar-refractivity contribution in [1.29, 1.82) is 0 Å². The van der Waals surface area contributed by atoms with Gasteiger partial charge in [0.1, 0.15) is 0 Å². The molecule has 0 spiro atoms. The second-order valence-corrected chi connectivity index (χ2v) is 6.99. The molecule has 0 saturated carbocycles. The van der Waals surface area contributed by atoms with Crippen LogP contribution in [0.25, 0.3) is 0 Å². The first-order valence-corrected chi connectivity index (χ1v) is 9.53. The summed E-state index contributed by atoms with van der Waals surface area (Å²) in [5.74, 6) is -0.0102. The normalized spacial score (nSPS) is 12.7. The number of nitrogens with zero attached hydrogens (tertiary/aromatic N) is 1. The summed E-state index contributed by atoms with van der Waals surface area (Å²) in [7, 11) is 0. The zero-order valence-corrected chi connectivity index (χ0v) is 15.4. The van der Waals surface area contributed by atoms with Crippen LogP contribution >= 0.6 is 0 Å². The van der Waals surface area contributed by atoms with E-state index in [1.807, 2.05) is 30.3 Å². The lowest BCUT2D eigenvalue weighted by molar-refractivity contribution is 0.0954. The van der Waals surface area contributed by atoms with Gasteiger partial charge in [-0.05, 0) is 47.7 Å². The van der Waals surface area contributed by atoms with Crippen molar-refractivity contribution in [3.05, 3.63) is 101 Å². The molecule has 3 aromatic carbocycles. The summed E-state index contributed by atoms with van der Waals surface area (Å²) in [6.07, 6.45) is 1.96. The molecule has 0 fully saturated rings. The van der Waals surface area contributed by atoms with Gasteiger partial charge in [0, 0.05) is 30.9 Å². The van der Waals surface area contributed by atoms with E-state index in [1.165, 1.54) is 22.4 Å². The predicted octanol–water partition coefficient (Wildman–Crippen LogP) is 4.22. The molecule has 4 rings (SSSR count). The fourth-order valence-electron chi connectivity index (χ4n) is 3.62. The number of hydrogen-bond donors (Lipinski definition) is 1. The summed E-state index contributed by atoms with van der Waals surface area (Å²) < 4.78 is 0. The quantitative estimate of drug-likeness (QED) is 0.717. The molecule has 0 radical (unpaired) electrons. The van der Waals surface area contributed by atoms with E-state index in [1.54, 1.807) is 0 Å². The van der Waals surface area contributed by atoms with Crippen LogP contribution in [-0.4, -0.2) is 19.0 Å². The maximum atomic E-state index is 12.3. The highest BCUT2D eigenvalue weighted by molar-refractivity contribution is 5.94. The minimum atomic E-state index is -0.0102. The van der Waals surface area contributed by atoms with Crippen molar-refractivity contribution < 1.29 is 4.79 Å². The van der Waals surface area contributed by atoms with Gasteiger partial charge in [-0.3, -0.25) is 4.79 Å². The first-order chi connectivity index (χ1) is 13.3. The van der Waals surface area contributed by atoms with E-state index in [-0.39, 0.29) is 5.91 Å². The SMILES string of the molecule is O=C(NCCc1ccccc1)c1ccc(CN2CCc3ccccc32)cc1. The lowest BCUT2D eigenvalue weighted by Crippen LogP contribution is -2.25. The Balaban J connectivity index is 1.31. The van der Waals surface area contributed by atoms with E-state index in [0.717, 1.165) is 25.9 Å². The average Bonchev–Trinajstić information content (AvgIpc) is 3.12. The van der Waals surface area contributed by atoms with E-state index < -0.39 is 0 Å². The van der Waals surface area contributed by atoms with Crippen LogP contribution in [0, 0.1) is 0 Å². The predicted molar refractivity (Wildman–Crippen MR) is 110 cm³/mol. The summed E-state index contributed by atoms with van der Waals surface area (Å²) in [4.78, 5) is 14.7. The molecule has 3 nitrogen and oxygen atoms in total. The third kappa shape index (κ3) is 4.20. The third-order valence-corrected chi connectivity index (χ3v) is 5.11. The number of carbonyl (C=O) groups is 1. The zero-order chi connectivity index (χ0) is 18.5. The topological polar surface area (TPSA) is 32.3 Å². The van der Waals surface area contributed by atoms with Crippen molar-refractivity contribution in [2.24, 2.45) is 0 Å². The number of nitrogens with one attached hydrogen (secondary N) is 1. The van der Waals surface area contributed by atoms with Crippen LogP contribution in [0.3, 0.4) is 0 Å². The molecule has 27 heavy (non-hydrogen) atoms. The van der Waals surface area contributed by atoms with Crippen molar-refractivity contribution in [3.8, 4) is 0 Å². The van der Waals surface area contributed by atoms with E-state index in [0.29, 0.717) is 12.1 Å². The van der Waals surface area contributed by atoms with Crippen LogP contribution in [0.2, 0.25) is 0 Å². The van der Waals surface area contributed by atoms with Crippen molar-refractivity contribution in [2.75, 3.05) is 18.0 Å². The van der Waals surface area contributed by atoms with Crippen molar-refractivity contribution in [2.45, 2.75) is 19.4 Å². The first-order valence-electron chi connectivity index (χ1n) is 9.53. The summed E-state index contributed by atoms with van der Waals surface area (Å²) in [5, 5.41) is 3.00. The Morgan fingerprint density at radius 1 is 0.852 bits per heavy atom. The highest BCUT2D eigenvalue weighted by atomic mass is 16.1. The Morgan fingerprint density at radius 2 is 1.59 bits per heavy atom. The van der Waals surface area contributed by atoms with E-state index in [4.69, 9.17) is 0 Å². The standard InChI is InChI=1S/C24H24N2O/c27-24(25-16-14-19-6-2-1-3-7-19)22-12-10-20(11-13-22)18-26-17-15-21-8-4-5-9-23(21)26/h1-13H,14-18H2,(H,25,27). The summed E-state index contributed by atoms with van der Waals surface area (Å²) in [5.41, 5.74) is 5.94. The van der Waals surface area contributed by atoms with Gasteiger partial charge >= 0.3 is 0 Å². The van der Waals surface area contributed by atoms with Gasteiger partial charge in [-0.1, -0.05) is 60.7 Å². The maximum absolute atomic E-state index is 12.3. The van der Waals surface area contributed by atoms with E-state index in [2.05, 4.69) is 58.7 Å². The molecule has 1 aliphatic rings. The second-order valence-electron chi connectivity index (χ2n) is 6.99. The van der Waals surface area contributed by atoms with E-state index in [9.17, 15) is 4.79 Å². The number of benzene rings is 3. The van der Waals surface area contributed by atoms with Gasteiger partial charge in [0.05, 0.1) is 0 Å². The summed E-state index contributed by atoms with van der Waals surface area (Å²) >= 11 is 0. The van der Waals surface area contributed by atoms with Gasteiger partial charge in [0.25, 0.3) is 5.91 Å². The lowest BCUT2D eigenvalue weighted by Gasteiger charge is -2.19. The van der Waals surface area contributed by atoms with E-state index >= 15 is 0 Å². The van der Waals surface area contributed by atoms with Crippen molar-refractivity contribution in [3.63, 3.8) is 0 Å². The Morgan fingerprint density at radius 3 is 2.41 bits per heavy atom. The van der Waals surface area contributed by atoms with Crippen LogP contribution in [0.5, 0.6) is 0 Å². The van der Waals surface area contributed by atoms with Gasteiger partial charge in [0.15, 0.2) is 0 Å². The third-order valence-electron chi connectivity index (χ3n) is 5.11. The number of para-hydroxylation sites is 1. The van der Waals surface area contributed by atoms with Crippen molar-refractivity contribution >= 4 is 11.6 Å². The number of anilines is 1. The van der Waals surface area contributed by atoms with Gasteiger partial charge in [-0.25, -0.2) is 0 Å². The molecule has 0 aromatic heterocycles. The average molecular weight is 356 g/mol. The van der Waals surface area contributed by atoms with Crippen LogP contribution in [0.1, 0.15) is 27.0 Å². The lowest BCUT2D eigenvalue weighted by atomic mass is 10.1. The fraction of sp³-hybridized carbons (Fsp3) is 0.208. The molecule has 3 aromatic rings. The van der Waals surface area contributed by atoms with Crippen molar-refractivity contribution in [1.82, 2.24) is 5.32 Å². The Kier molecular flexibility index (Phi) is 5.20. The second kappa shape index (κ2) is 8.09. The van der Waals surface area contributed by atoms with Gasteiger partial charge < -0.3 is 10.2 Å². The molecule has 1 heterocycles. The molecule has 136 valence electrons. The monoisotopic (exact) mass is 356 g/mol. The highest BCUT2D eigenvalue weighted by Gasteiger charge is 2.18. The number of rotatable bonds is 6. The number of carbonyl (C=O) groups excluding carboxylic acids is 1. The molecule has 0 atom stereocenters. The molecule has 0 bridgehead atoms. The molecule has 1 N–H and O–H groups in total.